The lowest BCUT2D eigenvalue weighted by molar-refractivity contribution is -0.124. The van der Waals surface area contributed by atoms with Crippen LogP contribution in [-0.2, 0) is 4.79 Å². The molecule has 1 rings (SSSR count). The second-order valence-electron chi connectivity index (χ2n) is 3.36. The van der Waals surface area contributed by atoms with E-state index in [2.05, 4.69) is 5.32 Å². The fourth-order valence-corrected chi connectivity index (χ4v) is 1.83. The SMILES string of the molecule is CSC(=N)NC(=O)C1CCCCC1. The Bertz CT molecular complexity index is 200. The molecule has 13 heavy (non-hydrogen) atoms. The normalized spacial score (nSPS) is 18.2. The van der Waals surface area contributed by atoms with Gasteiger partial charge in [-0.3, -0.25) is 10.2 Å². The highest BCUT2D eigenvalue weighted by atomic mass is 32.2. The molecule has 0 aromatic carbocycles. The van der Waals surface area contributed by atoms with Gasteiger partial charge >= 0.3 is 0 Å². The van der Waals surface area contributed by atoms with Gasteiger partial charge in [-0.1, -0.05) is 31.0 Å². The molecule has 1 saturated carbocycles. The number of amides is 1. The largest absolute Gasteiger partial charge is 0.305 e. The molecule has 0 heterocycles. The Labute approximate surface area is 83.2 Å². The van der Waals surface area contributed by atoms with Crippen molar-refractivity contribution >= 4 is 22.8 Å². The van der Waals surface area contributed by atoms with Crippen molar-refractivity contribution in [2.24, 2.45) is 5.92 Å². The van der Waals surface area contributed by atoms with Gasteiger partial charge in [-0.25, -0.2) is 0 Å². The van der Waals surface area contributed by atoms with E-state index in [1.54, 1.807) is 6.26 Å². The number of amidine groups is 1. The molecule has 0 aromatic heterocycles. The Balaban J connectivity index is 2.33. The van der Waals surface area contributed by atoms with Gasteiger partial charge in [-0.15, -0.1) is 0 Å². The molecule has 1 aliphatic carbocycles. The Kier molecular flexibility index (Phi) is 4.28. The Morgan fingerprint density at radius 2 is 2.00 bits per heavy atom. The number of nitrogens with one attached hydrogen (secondary N) is 2. The van der Waals surface area contributed by atoms with Crippen LogP contribution in [0.25, 0.3) is 0 Å². The number of thioether (sulfide) groups is 1. The Morgan fingerprint density at radius 1 is 1.38 bits per heavy atom. The second-order valence-corrected chi connectivity index (χ2v) is 4.17. The predicted octanol–water partition coefficient (Wildman–Crippen LogP) is 1.98. The molecule has 0 unspecified atom stereocenters. The van der Waals surface area contributed by atoms with Crippen LogP contribution in [0.5, 0.6) is 0 Å². The molecule has 4 heteroatoms. The maximum atomic E-state index is 11.5. The lowest BCUT2D eigenvalue weighted by Gasteiger charge is -2.20. The van der Waals surface area contributed by atoms with Crippen LogP contribution in [0.15, 0.2) is 0 Å². The fraction of sp³-hybridized carbons (Fsp3) is 0.778. The van der Waals surface area contributed by atoms with Crippen molar-refractivity contribution in [1.29, 1.82) is 5.41 Å². The number of hydrogen-bond donors (Lipinski definition) is 2. The van der Waals surface area contributed by atoms with Gasteiger partial charge in [0, 0.05) is 5.92 Å². The van der Waals surface area contributed by atoms with Gasteiger partial charge in [-0.2, -0.15) is 0 Å². The molecule has 0 aliphatic heterocycles. The second kappa shape index (κ2) is 5.27. The summed E-state index contributed by atoms with van der Waals surface area (Å²) >= 11 is 1.27. The first-order valence-corrected chi connectivity index (χ1v) is 5.90. The van der Waals surface area contributed by atoms with Gasteiger partial charge in [0.15, 0.2) is 5.17 Å². The summed E-state index contributed by atoms with van der Waals surface area (Å²) in [6.45, 7) is 0. The van der Waals surface area contributed by atoms with Crippen LogP contribution < -0.4 is 5.32 Å². The molecular weight excluding hydrogens is 184 g/mol. The molecule has 2 N–H and O–H groups in total. The van der Waals surface area contributed by atoms with Crippen LogP contribution in [-0.4, -0.2) is 17.3 Å². The number of carbonyl (C=O) groups excluding carboxylic acids is 1. The van der Waals surface area contributed by atoms with Crippen molar-refractivity contribution in [1.82, 2.24) is 5.32 Å². The highest BCUT2D eigenvalue weighted by Crippen LogP contribution is 2.23. The van der Waals surface area contributed by atoms with Crippen molar-refractivity contribution in [2.75, 3.05) is 6.26 Å². The summed E-state index contributed by atoms with van der Waals surface area (Å²) in [4.78, 5) is 11.5. The van der Waals surface area contributed by atoms with Crippen LogP contribution in [0.2, 0.25) is 0 Å². The van der Waals surface area contributed by atoms with Crippen LogP contribution >= 0.6 is 11.8 Å². The summed E-state index contributed by atoms with van der Waals surface area (Å²) in [7, 11) is 0. The van der Waals surface area contributed by atoms with E-state index in [1.165, 1.54) is 18.2 Å². The number of carbonyl (C=O) groups is 1. The van der Waals surface area contributed by atoms with Gasteiger partial charge in [0.05, 0.1) is 0 Å². The van der Waals surface area contributed by atoms with E-state index in [9.17, 15) is 4.79 Å². The van der Waals surface area contributed by atoms with Crippen LogP contribution in [0, 0.1) is 11.3 Å². The minimum atomic E-state index is 0.0408. The minimum Gasteiger partial charge on any atom is -0.305 e. The average Bonchev–Trinajstić information content (AvgIpc) is 2.19. The maximum absolute atomic E-state index is 11.5. The fourth-order valence-electron chi connectivity index (χ4n) is 1.63. The maximum Gasteiger partial charge on any atom is 0.229 e. The summed E-state index contributed by atoms with van der Waals surface area (Å²) in [6, 6.07) is 0. The van der Waals surface area contributed by atoms with Crippen molar-refractivity contribution in [3.05, 3.63) is 0 Å². The molecule has 0 spiro atoms. The number of rotatable bonds is 1. The summed E-state index contributed by atoms with van der Waals surface area (Å²) in [5.41, 5.74) is 0. The Hall–Kier alpha value is -0.510. The third kappa shape index (κ3) is 3.38. The molecule has 0 radical (unpaired) electrons. The molecular formula is C9H16N2OS. The van der Waals surface area contributed by atoms with Crippen molar-refractivity contribution < 1.29 is 4.79 Å². The third-order valence-corrected chi connectivity index (χ3v) is 2.93. The molecule has 1 aliphatic rings. The van der Waals surface area contributed by atoms with E-state index in [-0.39, 0.29) is 17.0 Å². The van der Waals surface area contributed by atoms with E-state index in [0.29, 0.717) is 0 Å². The predicted molar refractivity (Wildman–Crippen MR) is 56.0 cm³/mol. The zero-order valence-electron chi connectivity index (χ0n) is 7.93. The number of hydrogen-bond acceptors (Lipinski definition) is 3. The summed E-state index contributed by atoms with van der Waals surface area (Å²) in [5.74, 6) is 0.195. The zero-order valence-corrected chi connectivity index (χ0v) is 8.75. The van der Waals surface area contributed by atoms with Crippen LogP contribution in [0.4, 0.5) is 0 Å². The summed E-state index contributed by atoms with van der Waals surface area (Å²) < 4.78 is 0. The van der Waals surface area contributed by atoms with E-state index in [0.717, 1.165) is 25.7 Å². The molecule has 1 fully saturated rings. The highest BCUT2D eigenvalue weighted by molar-refractivity contribution is 8.13. The molecule has 0 atom stereocenters. The molecule has 0 aromatic rings. The van der Waals surface area contributed by atoms with E-state index in [1.807, 2.05) is 0 Å². The molecule has 1 amide bonds. The average molecular weight is 200 g/mol. The molecule has 0 saturated heterocycles. The van der Waals surface area contributed by atoms with Gasteiger partial charge in [-0.05, 0) is 19.1 Å². The molecule has 3 nitrogen and oxygen atoms in total. The van der Waals surface area contributed by atoms with Gasteiger partial charge in [0.1, 0.15) is 0 Å². The summed E-state index contributed by atoms with van der Waals surface area (Å²) in [5, 5.41) is 10.2. The first-order chi connectivity index (χ1) is 6.24. The topological polar surface area (TPSA) is 53.0 Å². The minimum absolute atomic E-state index is 0.0408. The van der Waals surface area contributed by atoms with Crippen molar-refractivity contribution in [3.8, 4) is 0 Å². The quantitative estimate of drug-likeness (QED) is 0.502. The lowest BCUT2D eigenvalue weighted by atomic mass is 9.89. The monoisotopic (exact) mass is 200 g/mol. The van der Waals surface area contributed by atoms with Crippen LogP contribution in [0.1, 0.15) is 32.1 Å². The Morgan fingerprint density at radius 3 is 2.54 bits per heavy atom. The smallest absolute Gasteiger partial charge is 0.229 e. The van der Waals surface area contributed by atoms with Gasteiger partial charge in [0.2, 0.25) is 5.91 Å². The zero-order chi connectivity index (χ0) is 9.68. The van der Waals surface area contributed by atoms with E-state index < -0.39 is 0 Å². The first kappa shape index (κ1) is 10.6. The lowest BCUT2D eigenvalue weighted by Crippen LogP contribution is -2.34. The highest BCUT2D eigenvalue weighted by Gasteiger charge is 2.21. The van der Waals surface area contributed by atoms with Gasteiger partial charge in [0.25, 0.3) is 0 Å². The van der Waals surface area contributed by atoms with Gasteiger partial charge < -0.3 is 5.32 Å². The molecule has 0 bridgehead atoms. The van der Waals surface area contributed by atoms with E-state index in [4.69, 9.17) is 5.41 Å². The van der Waals surface area contributed by atoms with Crippen LogP contribution in [0.3, 0.4) is 0 Å². The standard InChI is InChI=1S/C9H16N2OS/c1-13-9(10)11-8(12)7-5-3-2-4-6-7/h7H,2-6H2,1H3,(H2,10,11,12). The first-order valence-electron chi connectivity index (χ1n) is 4.67. The molecule has 74 valence electrons. The van der Waals surface area contributed by atoms with E-state index >= 15 is 0 Å². The summed E-state index contributed by atoms with van der Waals surface area (Å²) in [6.07, 6.45) is 7.35. The third-order valence-electron chi connectivity index (χ3n) is 2.42. The van der Waals surface area contributed by atoms with Crippen molar-refractivity contribution in [3.63, 3.8) is 0 Å². The van der Waals surface area contributed by atoms with Crippen molar-refractivity contribution in [2.45, 2.75) is 32.1 Å².